The first-order chi connectivity index (χ1) is 11.7. The van der Waals surface area contributed by atoms with Gasteiger partial charge in [-0.05, 0) is 48.9 Å². The molecular weight excluding hydrogens is 308 g/mol. The fourth-order valence-corrected chi connectivity index (χ4v) is 2.16. The molecular formula is C18H16N2O4. The summed E-state index contributed by atoms with van der Waals surface area (Å²) in [6.45, 7) is 2.72. The van der Waals surface area contributed by atoms with Crippen LogP contribution < -0.4 is 4.74 Å². The number of carboxylic acid groups (broad SMARTS) is 1. The number of rotatable bonds is 6. The number of aromatic carboxylic acids is 1. The third-order valence-corrected chi connectivity index (χ3v) is 3.36. The van der Waals surface area contributed by atoms with E-state index < -0.39 is 5.97 Å². The lowest BCUT2D eigenvalue weighted by Crippen LogP contribution is -1.95. The van der Waals surface area contributed by atoms with E-state index in [4.69, 9.17) is 14.3 Å². The largest absolute Gasteiger partial charge is 0.494 e. The molecule has 0 spiro atoms. The molecule has 0 aliphatic heterocycles. The van der Waals surface area contributed by atoms with Crippen LogP contribution in [-0.2, 0) is 0 Å². The second-order valence-corrected chi connectivity index (χ2v) is 5.17. The van der Waals surface area contributed by atoms with Gasteiger partial charge in [-0.2, -0.15) is 0 Å². The minimum Gasteiger partial charge on any atom is -0.494 e. The average molecular weight is 324 g/mol. The van der Waals surface area contributed by atoms with Gasteiger partial charge in [0, 0.05) is 11.1 Å². The SMILES string of the molecule is CCCOc1ccc(-c2nnc(-c3cccc(C(=O)O)c3)o2)cc1. The molecule has 6 nitrogen and oxygen atoms in total. The molecule has 122 valence electrons. The van der Waals surface area contributed by atoms with Crippen LogP contribution in [0.4, 0.5) is 0 Å². The molecule has 0 saturated heterocycles. The van der Waals surface area contributed by atoms with Crippen LogP contribution in [-0.4, -0.2) is 27.9 Å². The molecule has 0 saturated carbocycles. The van der Waals surface area contributed by atoms with Crippen LogP contribution in [0, 0.1) is 0 Å². The summed E-state index contributed by atoms with van der Waals surface area (Å²) in [4.78, 5) is 11.0. The van der Waals surface area contributed by atoms with Crippen molar-refractivity contribution in [1.82, 2.24) is 10.2 Å². The lowest BCUT2D eigenvalue weighted by atomic mass is 10.1. The van der Waals surface area contributed by atoms with Crippen molar-refractivity contribution in [3.05, 3.63) is 54.1 Å². The van der Waals surface area contributed by atoms with Gasteiger partial charge in [-0.25, -0.2) is 4.79 Å². The quantitative estimate of drug-likeness (QED) is 0.740. The van der Waals surface area contributed by atoms with Crippen LogP contribution in [0.1, 0.15) is 23.7 Å². The number of hydrogen-bond donors (Lipinski definition) is 1. The maximum atomic E-state index is 11.0. The van der Waals surface area contributed by atoms with Crippen LogP contribution >= 0.6 is 0 Å². The van der Waals surface area contributed by atoms with Gasteiger partial charge in [-0.1, -0.05) is 13.0 Å². The summed E-state index contributed by atoms with van der Waals surface area (Å²) in [7, 11) is 0. The summed E-state index contributed by atoms with van der Waals surface area (Å²) in [5.74, 6) is 0.431. The van der Waals surface area contributed by atoms with Gasteiger partial charge in [0.2, 0.25) is 11.8 Å². The molecule has 0 fully saturated rings. The molecule has 1 aromatic heterocycles. The molecule has 3 rings (SSSR count). The van der Waals surface area contributed by atoms with Crippen LogP contribution in [0.15, 0.2) is 52.9 Å². The first-order valence-corrected chi connectivity index (χ1v) is 7.58. The zero-order valence-corrected chi connectivity index (χ0v) is 13.1. The number of benzene rings is 2. The number of carbonyl (C=O) groups is 1. The first kappa shape index (κ1) is 15.7. The maximum absolute atomic E-state index is 11.0. The predicted molar refractivity (Wildman–Crippen MR) is 87.9 cm³/mol. The predicted octanol–water partition coefficient (Wildman–Crippen LogP) is 3.89. The summed E-state index contributed by atoms with van der Waals surface area (Å²) in [5.41, 5.74) is 1.51. The molecule has 0 aliphatic rings. The van der Waals surface area contributed by atoms with Gasteiger partial charge in [-0.15, -0.1) is 10.2 Å². The standard InChI is InChI=1S/C18H16N2O4/c1-2-10-23-15-8-6-12(7-9-15)16-19-20-17(24-16)13-4-3-5-14(11-13)18(21)22/h3-9,11H,2,10H2,1H3,(H,21,22). The Labute approximate surface area is 138 Å². The maximum Gasteiger partial charge on any atom is 0.335 e. The number of nitrogens with zero attached hydrogens (tertiary/aromatic N) is 2. The van der Waals surface area contributed by atoms with Gasteiger partial charge in [0.15, 0.2) is 0 Å². The molecule has 0 amide bonds. The normalized spacial score (nSPS) is 10.5. The van der Waals surface area contributed by atoms with E-state index >= 15 is 0 Å². The number of ether oxygens (including phenoxy) is 1. The van der Waals surface area contributed by atoms with Crippen LogP contribution in [0.2, 0.25) is 0 Å². The fourth-order valence-electron chi connectivity index (χ4n) is 2.16. The lowest BCUT2D eigenvalue weighted by molar-refractivity contribution is 0.0697. The van der Waals surface area contributed by atoms with Crippen molar-refractivity contribution in [2.24, 2.45) is 0 Å². The minimum absolute atomic E-state index is 0.171. The molecule has 0 aliphatic carbocycles. The molecule has 24 heavy (non-hydrogen) atoms. The summed E-state index contributed by atoms with van der Waals surface area (Å²) in [6.07, 6.45) is 0.949. The van der Waals surface area contributed by atoms with Crippen molar-refractivity contribution < 1.29 is 19.1 Å². The van der Waals surface area contributed by atoms with Crippen molar-refractivity contribution in [3.63, 3.8) is 0 Å². The van der Waals surface area contributed by atoms with Crippen molar-refractivity contribution >= 4 is 5.97 Å². The molecule has 2 aromatic carbocycles. The van der Waals surface area contributed by atoms with E-state index in [1.807, 2.05) is 31.2 Å². The minimum atomic E-state index is -1.00. The Bertz CT molecular complexity index is 840. The Hall–Kier alpha value is -3.15. The molecule has 3 aromatic rings. The van der Waals surface area contributed by atoms with Gasteiger partial charge in [0.1, 0.15) is 5.75 Å². The second kappa shape index (κ2) is 6.95. The van der Waals surface area contributed by atoms with E-state index in [-0.39, 0.29) is 11.5 Å². The average Bonchev–Trinajstić information content (AvgIpc) is 3.10. The van der Waals surface area contributed by atoms with E-state index in [0.29, 0.717) is 18.1 Å². The first-order valence-electron chi connectivity index (χ1n) is 7.58. The van der Waals surface area contributed by atoms with Crippen LogP contribution in [0.3, 0.4) is 0 Å². The summed E-state index contributed by atoms with van der Waals surface area (Å²) in [5, 5.41) is 17.1. The van der Waals surface area contributed by atoms with E-state index in [9.17, 15) is 4.79 Å². The van der Waals surface area contributed by atoms with Gasteiger partial charge >= 0.3 is 5.97 Å². The van der Waals surface area contributed by atoms with Gasteiger partial charge in [-0.3, -0.25) is 0 Å². The molecule has 0 unspecified atom stereocenters. The summed E-state index contributed by atoms with van der Waals surface area (Å²) >= 11 is 0. The van der Waals surface area contributed by atoms with Crippen molar-refractivity contribution in [1.29, 1.82) is 0 Å². The summed E-state index contributed by atoms with van der Waals surface area (Å²) in [6, 6.07) is 13.8. The zero-order valence-electron chi connectivity index (χ0n) is 13.1. The van der Waals surface area contributed by atoms with Crippen molar-refractivity contribution in [2.75, 3.05) is 6.61 Å². The van der Waals surface area contributed by atoms with E-state index in [1.54, 1.807) is 12.1 Å². The molecule has 6 heteroatoms. The Morgan fingerprint density at radius 1 is 1.08 bits per heavy atom. The highest BCUT2D eigenvalue weighted by Gasteiger charge is 2.12. The van der Waals surface area contributed by atoms with Crippen LogP contribution in [0.25, 0.3) is 22.9 Å². The number of carboxylic acids is 1. The Kier molecular flexibility index (Phi) is 4.56. The van der Waals surface area contributed by atoms with Gasteiger partial charge < -0.3 is 14.3 Å². The number of aromatic nitrogens is 2. The molecule has 1 heterocycles. The molecule has 0 radical (unpaired) electrons. The topological polar surface area (TPSA) is 85.5 Å². The van der Waals surface area contributed by atoms with Crippen LogP contribution in [0.5, 0.6) is 5.75 Å². The number of hydrogen-bond acceptors (Lipinski definition) is 5. The Morgan fingerprint density at radius 3 is 2.46 bits per heavy atom. The molecule has 1 N–H and O–H groups in total. The zero-order chi connectivity index (χ0) is 16.9. The van der Waals surface area contributed by atoms with E-state index in [0.717, 1.165) is 17.7 Å². The molecule has 0 bridgehead atoms. The highest BCUT2D eigenvalue weighted by atomic mass is 16.5. The van der Waals surface area contributed by atoms with Gasteiger partial charge in [0.05, 0.1) is 12.2 Å². The Morgan fingerprint density at radius 2 is 1.79 bits per heavy atom. The highest BCUT2D eigenvalue weighted by Crippen LogP contribution is 2.26. The second-order valence-electron chi connectivity index (χ2n) is 5.17. The van der Waals surface area contributed by atoms with Crippen molar-refractivity contribution in [3.8, 4) is 28.7 Å². The monoisotopic (exact) mass is 324 g/mol. The smallest absolute Gasteiger partial charge is 0.335 e. The van der Waals surface area contributed by atoms with Crippen molar-refractivity contribution in [2.45, 2.75) is 13.3 Å². The third-order valence-electron chi connectivity index (χ3n) is 3.36. The Balaban J connectivity index is 1.82. The summed E-state index contributed by atoms with van der Waals surface area (Å²) < 4.78 is 11.2. The molecule has 0 atom stereocenters. The lowest BCUT2D eigenvalue weighted by Gasteiger charge is -2.04. The van der Waals surface area contributed by atoms with E-state index in [1.165, 1.54) is 12.1 Å². The fraction of sp³-hybridized carbons (Fsp3) is 0.167. The van der Waals surface area contributed by atoms with E-state index in [2.05, 4.69) is 10.2 Å². The van der Waals surface area contributed by atoms with Gasteiger partial charge in [0.25, 0.3) is 0 Å². The highest BCUT2D eigenvalue weighted by molar-refractivity contribution is 5.88. The third kappa shape index (κ3) is 3.43.